The molecular weight excluding hydrogens is 607 g/mol. The van der Waals surface area contributed by atoms with Crippen molar-refractivity contribution in [2.75, 3.05) is 0 Å². The van der Waals surface area contributed by atoms with Gasteiger partial charge in [0.2, 0.25) is 0 Å². The van der Waals surface area contributed by atoms with Gasteiger partial charge in [-0.05, 0) is 36.4 Å². The van der Waals surface area contributed by atoms with Gasteiger partial charge in [0.1, 0.15) is 28.0 Å². The van der Waals surface area contributed by atoms with Crippen LogP contribution in [0.25, 0.3) is 21.1 Å². The van der Waals surface area contributed by atoms with E-state index >= 15 is 0 Å². The van der Waals surface area contributed by atoms with Gasteiger partial charge in [-0.3, -0.25) is 4.79 Å². The van der Waals surface area contributed by atoms with Gasteiger partial charge in [0.15, 0.2) is 11.6 Å². The molecule has 0 aliphatic rings. The number of primary amides is 1. The lowest BCUT2D eigenvalue weighted by Gasteiger charge is -2.08. The Kier molecular flexibility index (Phi) is 9.88. The number of hydrogen-bond acceptors (Lipinski definition) is 6. The topological polar surface area (TPSA) is 78.1 Å². The Balaban J connectivity index is 0.000000212. The Morgan fingerprint density at radius 3 is 1.82 bits per heavy atom. The molecule has 1 amide bonds. The third kappa shape index (κ3) is 7.52. The molecule has 0 radical (unpaired) electrons. The van der Waals surface area contributed by atoms with Gasteiger partial charge in [-0.25, -0.2) is 18.7 Å². The molecule has 0 bridgehead atoms. The molecule has 0 saturated carbocycles. The summed E-state index contributed by atoms with van der Waals surface area (Å²) in [4.78, 5) is 19.9. The van der Waals surface area contributed by atoms with Crippen LogP contribution in [0.15, 0.2) is 71.4 Å². The summed E-state index contributed by atoms with van der Waals surface area (Å²) >= 11 is 20.3. The van der Waals surface area contributed by atoms with Crippen LogP contribution in [-0.2, 0) is 12.5 Å². The zero-order valence-electron chi connectivity index (χ0n) is 19.8. The first-order chi connectivity index (χ1) is 18.7. The monoisotopic (exact) mass is 623 g/mol. The number of nitrogens with zero attached hydrogens (tertiary/aromatic N) is 2. The fourth-order valence-corrected chi connectivity index (χ4v) is 5.33. The van der Waals surface area contributed by atoms with Gasteiger partial charge in [0.25, 0.3) is 5.91 Å². The van der Waals surface area contributed by atoms with Crippen LogP contribution in [0.3, 0.4) is 0 Å². The van der Waals surface area contributed by atoms with Crippen molar-refractivity contribution in [2.45, 2.75) is 12.5 Å². The molecule has 0 aliphatic carbocycles. The molecular formula is C27H18Cl3F2N3O2S2. The predicted molar refractivity (Wildman–Crippen MR) is 154 cm³/mol. The summed E-state index contributed by atoms with van der Waals surface area (Å²) in [5.74, 6) is -3.16. The molecule has 0 fully saturated rings. The second-order valence-electron chi connectivity index (χ2n) is 7.82. The first-order valence-electron chi connectivity index (χ1n) is 11.1. The van der Waals surface area contributed by atoms with E-state index in [0.717, 1.165) is 44.0 Å². The van der Waals surface area contributed by atoms with Crippen molar-refractivity contribution in [1.82, 2.24) is 9.97 Å². The molecule has 0 unspecified atom stereocenters. The van der Waals surface area contributed by atoms with Crippen LogP contribution >= 0.6 is 57.5 Å². The molecule has 0 atom stereocenters. The molecule has 5 nitrogen and oxygen atoms in total. The summed E-state index contributed by atoms with van der Waals surface area (Å²) in [6.45, 7) is -0.0369. The number of amides is 1. The number of rotatable bonds is 7. The normalized spacial score (nSPS) is 10.6. The predicted octanol–water partition coefficient (Wildman–Crippen LogP) is 8.62. The van der Waals surface area contributed by atoms with E-state index in [4.69, 9.17) is 45.3 Å². The van der Waals surface area contributed by atoms with Crippen molar-refractivity contribution in [2.24, 2.45) is 5.73 Å². The maximum Gasteiger partial charge on any atom is 0.254 e. The van der Waals surface area contributed by atoms with Crippen molar-refractivity contribution in [3.05, 3.63) is 110 Å². The Morgan fingerprint density at radius 2 is 1.33 bits per heavy atom. The van der Waals surface area contributed by atoms with Gasteiger partial charge in [-0.15, -0.1) is 34.3 Å². The zero-order chi connectivity index (χ0) is 27.9. The number of carbonyl (C=O) groups excluding carboxylic acids is 1. The molecule has 39 heavy (non-hydrogen) atoms. The van der Waals surface area contributed by atoms with Crippen LogP contribution in [0.1, 0.15) is 21.7 Å². The van der Waals surface area contributed by atoms with Crippen LogP contribution < -0.4 is 10.5 Å². The number of aromatic nitrogens is 2. The molecule has 2 aromatic heterocycles. The lowest BCUT2D eigenvalue weighted by molar-refractivity contribution is 0.0991. The third-order valence-corrected chi connectivity index (χ3v) is 7.76. The van der Waals surface area contributed by atoms with E-state index in [1.54, 1.807) is 28.8 Å². The Morgan fingerprint density at radius 1 is 0.821 bits per heavy atom. The molecule has 2 heterocycles. The average molecular weight is 625 g/mol. The number of halogens is 5. The summed E-state index contributed by atoms with van der Waals surface area (Å²) in [5, 5.41) is 6.84. The van der Waals surface area contributed by atoms with Gasteiger partial charge < -0.3 is 10.5 Å². The highest BCUT2D eigenvalue weighted by Gasteiger charge is 2.19. The molecule has 200 valence electrons. The maximum atomic E-state index is 14.1. The highest BCUT2D eigenvalue weighted by atomic mass is 35.5. The van der Waals surface area contributed by atoms with Crippen LogP contribution in [-0.4, -0.2) is 15.9 Å². The van der Waals surface area contributed by atoms with Crippen molar-refractivity contribution >= 4 is 63.4 Å². The Hall–Kier alpha value is -3.08. The first-order valence-corrected chi connectivity index (χ1v) is 14.2. The molecule has 5 rings (SSSR count). The van der Waals surface area contributed by atoms with E-state index in [1.165, 1.54) is 11.3 Å². The smallest absolute Gasteiger partial charge is 0.254 e. The van der Waals surface area contributed by atoms with Gasteiger partial charge in [0.05, 0.1) is 17.3 Å². The largest absolute Gasteiger partial charge is 0.484 e. The molecule has 2 N–H and O–H groups in total. The van der Waals surface area contributed by atoms with E-state index in [0.29, 0.717) is 16.6 Å². The fraction of sp³-hybridized carbons (Fsp3) is 0.0741. The minimum Gasteiger partial charge on any atom is -0.484 e. The summed E-state index contributed by atoms with van der Waals surface area (Å²) in [5.41, 5.74) is 7.61. The third-order valence-electron chi connectivity index (χ3n) is 5.10. The quantitative estimate of drug-likeness (QED) is 0.184. The lowest BCUT2D eigenvalue weighted by atomic mass is 10.1. The summed E-state index contributed by atoms with van der Waals surface area (Å²) < 4.78 is 32.9. The van der Waals surface area contributed by atoms with Crippen LogP contribution in [0.4, 0.5) is 8.78 Å². The summed E-state index contributed by atoms with van der Waals surface area (Å²) in [6.07, 6.45) is 0. The van der Waals surface area contributed by atoms with Crippen LogP contribution in [0, 0.1) is 11.6 Å². The van der Waals surface area contributed by atoms with Crippen molar-refractivity contribution < 1.29 is 18.3 Å². The summed E-state index contributed by atoms with van der Waals surface area (Å²) in [7, 11) is 0. The summed E-state index contributed by atoms with van der Waals surface area (Å²) in [6, 6.07) is 16.9. The highest BCUT2D eigenvalue weighted by molar-refractivity contribution is 7.13. The lowest BCUT2D eigenvalue weighted by Crippen LogP contribution is -2.16. The molecule has 0 saturated heterocycles. The first kappa shape index (κ1) is 28.9. The Labute approximate surface area is 245 Å². The van der Waals surface area contributed by atoms with Crippen LogP contribution in [0.2, 0.25) is 10.0 Å². The maximum absolute atomic E-state index is 14.1. The fourth-order valence-electron chi connectivity index (χ4n) is 3.21. The molecule has 0 spiro atoms. The number of alkyl halides is 1. The van der Waals surface area contributed by atoms with E-state index in [1.807, 2.05) is 41.8 Å². The molecule has 12 heteroatoms. The molecule has 3 aromatic carbocycles. The van der Waals surface area contributed by atoms with Gasteiger partial charge in [-0.1, -0.05) is 47.5 Å². The second-order valence-corrected chi connectivity index (χ2v) is 10.7. The van der Waals surface area contributed by atoms with E-state index < -0.39 is 23.1 Å². The van der Waals surface area contributed by atoms with Gasteiger partial charge in [-0.2, -0.15) is 0 Å². The van der Waals surface area contributed by atoms with Crippen molar-refractivity contribution in [3.8, 4) is 26.9 Å². The molecule has 5 aromatic rings. The minimum atomic E-state index is -1.20. The number of benzene rings is 3. The number of thiazole rings is 2. The molecule has 0 aliphatic heterocycles. The highest BCUT2D eigenvalue weighted by Crippen LogP contribution is 2.28. The number of hydrogen-bond donors (Lipinski definition) is 1. The van der Waals surface area contributed by atoms with Crippen molar-refractivity contribution in [1.29, 1.82) is 0 Å². The average Bonchev–Trinajstić information content (AvgIpc) is 3.60. The van der Waals surface area contributed by atoms with E-state index in [9.17, 15) is 13.6 Å². The van der Waals surface area contributed by atoms with E-state index in [2.05, 4.69) is 9.97 Å². The van der Waals surface area contributed by atoms with Gasteiger partial charge >= 0.3 is 0 Å². The minimum absolute atomic E-state index is 0.0369. The standard InChI is InChI=1S/C17H11ClF2N2O2S.C10H7Cl2NS/c18-10-3-1-9(2-4-10)17-22-11(8-25-17)7-24-13-6-5-12(19)14(15(13)20)16(21)23;11-5-9-6-14-10(13-9)7-1-3-8(12)4-2-7/h1-6,8H,7H2,(H2,21,23);1-4,6H,5H2. The number of nitrogens with two attached hydrogens (primary N) is 1. The van der Waals surface area contributed by atoms with E-state index in [-0.39, 0.29) is 12.4 Å². The van der Waals surface area contributed by atoms with Crippen molar-refractivity contribution in [3.63, 3.8) is 0 Å². The SMILES string of the molecule is ClCc1csc(-c2ccc(Cl)cc2)n1.NC(=O)c1c(F)ccc(OCc2csc(-c3ccc(Cl)cc3)n2)c1F. The second kappa shape index (κ2) is 13.3. The van der Waals surface area contributed by atoms with Crippen LogP contribution in [0.5, 0.6) is 5.75 Å². The number of carbonyl (C=O) groups is 1. The number of ether oxygens (including phenoxy) is 1. The Bertz CT molecular complexity index is 1580. The van der Waals surface area contributed by atoms with Gasteiger partial charge in [0, 0.05) is 31.9 Å². The zero-order valence-corrected chi connectivity index (χ0v) is 23.7.